The highest BCUT2D eigenvalue weighted by Gasteiger charge is 2.17. The lowest BCUT2D eigenvalue weighted by Gasteiger charge is -2.16. The molecule has 1 atom stereocenters. The summed E-state index contributed by atoms with van der Waals surface area (Å²) >= 11 is 20.1. The molecule has 0 aliphatic carbocycles. The van der Waals surface area contributed by atoms with E-state index in [0.717, 1.165) is 3.57 Å². The van der Waals surface area contributed by atoms with Crippen molar-refractivity contribution >= 4 is 69.0 Å². The van der Waals surface area contributed by atoms with Crippen molar-refractivity contribution in [3.05, 3.63) is 55.0 Å². The molecule has 3 nitrogen and oxygen atoms in total. The highest BCUT2D eigenvalue weighted by Crippen LogP contribution is 2.29. The van der Waals surface area contributed by atoms with Gasteiger partial charge < -0.3 is 10.1 Å². The Labute approximate surface area is 157 Å². The van der Waals surface area contributed by atoms with Gasteiger partial charge in [-0.25, -0.2) is 0 Å². The summed E-state index contributed by atoms with van der Waals surface area (Å²) < 4.78 is 6.53. The van der Waals surface area contributed by atoms with E-state index in [0.29, 0.717) is 26.5 Å². The van der Waals surface area contributed by atoms with Crippen molar-refractivity contribution in [2.75, 3.05) is 5.32 Å². The summed E-state index contributed by atoms with van der Waals surface area (Å²) in [5.41, 5.74) is 0.532. The molecule has 116 valence electrons. The molecule has 0 saturated carbocycles. The Balaban J connectivity index is 2.05. The van der Waals surface area contributed by atoms with Crippen LogP contribution in [0.5, 0.6) is 5.75 Å². The van der Waals surface area contributed by atoms with E-state index in [1.54, 1.807) is 37.3 Å². The van der Waals surface area contributed by atoms with Crippen molar-refractivity contribution in [1.82, 2.24) is 0 Å². The van der Waals surface area contributed by atoms with E-state index in [1.165, 1.54) is 0 Å². The van der Waals surface area contributed by atoms with E-state index in [-0.39, 0.29) is 5.91 Å². The SMILES string of the molecule is C[C@H](Oc1ccc(Cl)cc1Cl)C(=O)Nc1ccc(I)cc1Cl. The van der Waals surface area contributed by atoms with E-state index in [1.807, 2.05) is 6.07 Å². The molecule has 0 aliphatic heterocycles. The van der Waals surface area contributed by atoms with E-state index in [4.69, 9.17) is 39.5 Å². The van der Waals surface area contributed by atoms with Crippen molar-refractivity contribution in [1.29, 1.82) is 0 Å². The van der Waals surface area contributed by atoms with Crippen molar-refractivity contribution in [3.63, 3.8) is 0 Å². The third kappa shape index (κ3) is 4.65. The van der Waals surface area contributed by atoms with Crippen molar-refractivity contribution in [2.45, 2.75) is 13.0 Å². The Kier molecular flexibility index (Phi) is 6.20. The minimum atomic E-state index is -0.742. The average molecular weight is 471 g/mol. The van der Waals surface area contributed by atoms with Gasteiger partial charge in [-0.1, -0.05) is 34.8 Å². The van der Waals surface area contributed by atoms with Crippen molar-refractivity contribution in [3.8, 4) is 5.75 Å². The number of carbonyl (C=O) groups is 1. The van der Waals surface area contributed by atoms with Gasteiger partial charge in [0.15, 0.2) is 6.10 Å². The highest BCUT2D eigenvalue weighted by atomic mass is 127. The third-order valence-electron chi connectivity index (χ3n) is 2.76. The second-order valence-corrected chi connectivity index (χ2v) is 6.94. The summed E-state index contributed by atoms with van der Waals surface area (Å²) in [6.07, 6.45) is -0.742. The fraction of sp³-hybridized carbons (Fsp3) is 0.133. The number of hydrogen-bond acceptors (Lipinski definition) is 2. The standard InChI is InChI=1S/C15H11Cl3INO2/c1-8(22-14-5-2-9(16)6-12(14)18)15(21)20-13-4-3-10(19)7-11(13)17/h2-8H,1H3,(H,20,21)/t8-/m0/s1. The number of hydrogen-bond donors (Lipinski definition) is 1. The number of ether oxygens (including phenoxy) is 1. The molecule has 0 spiro atoms. The monoisotopic (exact) mass is 469 g/mol. The molecule has 0 unspecified atom stereocenters. The van der Waals surface area contributed by atoms with Gasteiger partial charge >= 0.3 is 0 Å². The number of anilines is 1. The van der Waals surface area contributed by atoms with Gasteiger partial charge in [-0.15, -0.1) is 0 Å². The molecule has 2 aromatic carbocycles. The maximum atomic E-state index is 12.2. The van der Waals surface area contributed by atoms with Crippen LogP contribution in [0, 0.1) is 3.57 Å². The normalized spacial score (nSPS) is 11.9. The lowest BCUT2D eigenvalue weighted by molar-refractivity contribution is -0.122. The number of rotatable bonds is 4. The van der Waals surface area contributed by atoms with Gasteiger partial charge in [-0.2, -0.15) is 0 Å². The Hall–Kier alpha value is -0.690. The zero-order chi connectivity index (χ0) is 16.3. The Morgan fingerprint density at radius 1 is 1.14 bits per heavy atom. The predicted molar refractivity (Wildman–Crippen MR) is 99.4 cm³/mol. The second-order valence-electron chi connectivity index (χ2n) is 4.45. The minimum Gasteiger partial charge on any atom is -0.479 e. The Bertz CT molecular complexity index is 709. The van der Waals surface area contributed by atoms with Crippen LogP contribution >= 0.6 is 57.4 Å². The van der Waals surface area contributed by atoms with Gasteiger partial charge in [-0.3, -0.25) is 4.79 Å². The number of benzene rings is 2. The summed E-state index contributed by atoms with van der Waals surface area (Å²) in [6.45, 7) is 1.63. The third-order valence-corrected chi connectivity index (χ3v) is 4.27. The fourth-order valence-corrected chi connectivity index (χ4v) is 3.00. The summed E-state index contributed by atoms with van der Waals surface area (Å²) in [7, 11) is 0. The van der Waals surface area contributed by atoms with Crippen LogP contribution in [0.15, 0.2) is 36.4 Å². The van der Waals surface area contributed by atoms with E-state index in [9.17, 15) is 4.79 Å². The van der Waals surface area contributed by atoms with Gasteiger partial charge in [0.05, 0.1) is 15.7 Å². The van der Waals surface area contributed by atoms with Crippen LogP contribution in [0.2, 0.25) is 15.1 Å². The van der Waals surface area contributed by atoms with Crippen LogP contribution in [0.4, 0.5) is 5.69 Å². The van der Waals surface area contributed by atoms with Crippen molar-refractivity contribution < 1.29 is 9.53 Å². The van der Waals surface area contributed by atoms with E-state index < -0.39 is 6.10 Å². The maximum Gasteiger partial charge on any atom is 0.265 e. The van der Waals surface area contributed by atoms with Gasteiger partial charge in [0.25, 0.3) is 5.91 Å². The minimum absolute atomic E-state index is 0.325. The smallest absolute Gasteiger partial charge is 0.265 e. The molecule has 0 radical (unpaired) electrons. The zero-order valence-corrected chi connectivity index (χ0v) is 15.8. The van der Waals surface area contributed by atoms with Gasteiger partial charge in [0.1, 0.15) is 5.75 Å². The number of nitrogens with one attached hydrogen (secondary N) is 1. The first kappa shape index (κ1) is 17.7. The lowest BCUT2D eigenvalue weighted by atomic mass is 10.3. The molecule has 7 heteroatoms. The molecule has 0 bridgehead atoms. The molecule has 0 heterocycles. The summed E-state index contributed by atoms with van der Waals surface area (Å²) in [5, 5.41) is 4.04. The fourth-order valence-electron chi connectivity index (χ4n) is 1.64. The molecule has 0 aromatic heterocycles. The molecule has 22 heavy (non-hydrogen) atoms. The van der Waals surface area contributed by atoms with Crippen LogP contribution in [0.25, 0.3) is 0 Å². The molecule has 0 fully saturated rings. The first-order valence-electron chi connectivity index (χ1n) is 6.24. The summed E-state index contributed by atoms with van der Waals surface area (Å²) in [6, 6.07) is 10.2. The van der Waals surface area contributed by atoms with E-state index >= 15 is 0 Å². The number of amides is 1. The molecule has 0 aliphatic rings. The van der Waals surface area contributed by atoms with Gasteiger partial charge in [0, 0.05) is 8.59 Å². The lowest BCUT2D eigenvalue weighted by Crippen LogP contribution is -2.30. The Morgan fingerprint density at radius 3 is 2.50 bits per heavy atom. The molecule has 2 aromatic rings. The Morgan fingerprint density at radius 2 is 1.86 bits per heavy atom. The first-order valence-corrected chi connectivity index (χ1v) is 8.45. The van der Waals surface area contributed by atoms with E-state index in [2.05, 4.69) is 27.9 Å². The molecular formula is C15H11Cl3INO2. The van der Waals surface area contributed by atoms with Crippen molar-refractivity contribution in [2.24, 2.45) is 0 Å². The number of carbonyl (C=O) groups excluding carboxylic acids is 1. The van der Waals surface area contributed by atoms with Crippen LogP contribution in [-0.4, -0.2) is 12.0 Å². The van der Waals surface area contributed by atoms with Crippen LogP contribution < -0.4 is 10.1 Å². The number of halogens is 4. The molecule has 2 rings (SSSR count). The molecular weight excluding hydrogens is 459 g/mol. The molecule has 1 N–H and O–H groups in total. The molecule has 1 amide bonds. The van der Waals surface area contributed by atoms with Gasteiger partial charge in [-0.05, 0) is 65.9 Å². The second kappa shape index (κ2) is 7.73. The average Bonchev–Trinajstić information content (AvgIpc) is 2.44. The van der Waals surface area contributed by atoms with Crippen LogP contribution in [0.1, 0.15) is 6.92 Å². The quantitative estimate of drug-likeness (QED) is 0.586. The maximum absolute atomic E-state index is 12.2. The predicted octanol–water partition coefficient (Wildman–Crippen LogP) is 5.66. The topological polar surface area (TPSA) is 38.3 Å². The zero-order valence-electron chi connectivity index (χ0n) is 11.4. The molecule has 0 saturated heterocycles. The van der Waals surface area contributed by atoms with Crippen LogP contribution in [0.3, 0.4) is 0 Å². The summed E-state index contributed by atoms with van der Waals surface area (Å²) in [5.74, 6) is 0.0662. The first-order chi connectivity index (χ1) is 10.4. The summed E-state index contributed by atoms with van der Waals surface area (Å²) in [4.78, 5) is 12.2. The largest absolute Gasteiger partial charge is 0.479 e. The van der Waals surface area contributed by atoms with Gasteiger partial charge in [0.2, 0.25) is 0 Å². The van der Waals surface area contributed by atoms with Crippen LogP contribution in [-0.2, 0) is 4.79 Å². The highest BCUT2D eigenvalue weighted by molar-refractivity contribution is 14.1.